The normalized spacial score (nSPS) is 10.2. The topological polar surface area (TPSA) is 88.7 Å². The van der Waals surface area contributed by atoms with Gasteiger partial charge in [0.25, 0.3) is 5.71 Å². The van der Waals surface area contributed by atoms with Gasteiger partial charge in [-0.25, -0.2) is 4.39 Å². The number of hydrogen-bond donors (Lipinski definition) is 1. The van der Waals surface area contributed by atoms with Crippen molar-refractivity contribution < 1.29 is 8.91 Å². The van der Waals surface area contributed by atoms with Crippen molar-refractivity contribution in [3.05, 3.63) is 17.6 Å². The van der Waals surface area contributed by atoms with Crippen molar-refractivity contribution in [2.45, 2.75) is 0 Å². The minimum Gasteiger partial charge on any atom is -0.380 e. The predicted octanol–water partition coefficient (Wildman–Crippen LogP) is 0.816. The number of aromatic nitrogens is 2. The van der Waals surface area contributed by atoms with E-state index in [1.54, 1.807) is 6.07 Å². The first kappa shape index (κ1) is 7.49. The molecule has 5 nitrogen and oxygen atoms in total. The van der Waals surface area contributed by atoms with Crippen LogP contribution in [0.2, 0.25) is 0 Å². The van der Waals surface area contributed by atoms with Crippen molar-refractivity contribution in [3.63, 3.8) is 0 Å². The number of nitrogen functional groups attached to an aromatic ring is 1. The standard InChI is InChI=1S/C7H3FN4O/c8-4-1-3-6(10)12-13-7(3)11-5(4)2-9/h1H,(H2,10,12). The van der Waals surface area contributed by atoms with Crippen LogP contribution >= 0.6 is 0 Å². The van der Waals surface area contributed by atoms with Gasteiger partial charge in [-0.2, -0.15) is 10.2 Å². The van der Waals surface area contributed by atoms with Gasteiger partial charge in [-0.05, 0) is 6.07 Å². The Morgan fingerprint density at radius 2 is 2.38 bits per heavy atom. The van der Waals surface area contributed by atoms with Crippen LogP contribution in [-0.2, 0) is 0 Å². The van der Waals surface area contributed by atoms with Crippen LogP contribution in [0.25, 0.3) is 11.1 Å². The van der Waals surface area contributed by atoms with E-state index < -0.39 is 5.82 Å². The average Bonchev–Trinajstić information content (AvgIpc) is 2.47. The Hall–Kier alpha value is -2.16. The fourth-order valence-corrected chi connectivity index (χ4v) is 0.945. The molecule has 0 aliphatic rings. The van der Waals surface area contributed by atoms with Gasteiger partial charge in [-0.1, -0.05) is 5.16 Å². The highest BCUT2D eigenvalue weighted by molar-refractivity contribution is 5.84. The molecule has 0 aromatic carbocycles. The fourth-order valence-electron chi connectivity index (χ4n) is 0.945. The Balaban J connectivity index is 2.85. The maximum absolute atomic E-state index is 13.0. The lowest BCUT2D eigenvalue weighted by Gasteiger charge is -1.90. The van der Waals surface area contributed by atoms with E-state index in [0.717, 1.165) is 6.07 Å². The molecule has 0 saturated carbocycles. The number of fused-ring (bicyclic) bond motifs is 1. The van der Waals surface area contributed by atoms with E-state index in [9.17, 15) is 4.39 Å². The van der Waals surface area contributed by atoms with Crippen LogP contribution in [0.3, 0.4) is 0 Å². The summed E-state index contributed by atoms with van der Waals surface area (Å²) in [5, 5.41) is 12.1. The van der Waals surface area contributed by atoms with Gasteiger partial charge in [0, 0.05) is 0 Å². The van der Waals surface area contributed by atoms with Crippen molar-refractivity contribution in [1.29, 1.82) is 5.26 Å². The Kier molecular flexibility index (Phi) is 1.39. The van der Waals surface area contributed by atoms with Crippen LogP contribution in [0.15, 0.2) is 10.6 Å². The summed E-state index contributed by atoms with van der Waals surface area (Å²) in [6.45, 7) is 0. The van der Waals surface area contributed by atoms with E-state index in [2.05, 4.69) is 14.7 Å². The molecule has 6 heteroatoms. The molecule has 2 rings (SSSR count). The van der Waals surface area contributed by atoms with Crippen molar-refractivity contribution >= 4 is 16.9 Å². The molecule has 0 aliphatic carbocycles. The molecule has 13 heavy (non-hydrogen) atoms. The zero-order valence-corrected chi connectivity index (χ0v) is 6.28. The van der Waals surface area contributed by atoms with Gasteiger partial charge in [-0.15, -0.1) is 0 Å². The zero-order valence-electron chi connectivity index (χ0n) is 6.28. The fraction of sp³-hybridized carbons (Fsp3) is 0. The van der Waals surface area contributed by atoms with Crippen molar-refractivity contribution in [1.82, 2.24) is 10.1 Å². The zero-order chi connectivity index (χ0) is 9.42. The third kappa shape index (κ3) is 0.980. The Morgan fingerprint density at radius 3 is 3.08 bits per heavy atom. The lowest BCUT2D eigenvalue weighted by atomic mass is 10.3. The van der Waals surface area contributed by atoms with E-state index in [0.29, 0.717) is 0 Å². The van der Waals surface area contributed by atoms with Crippen LogP contribution in [-0.4, -0.2) is 10.1 Å². The van der Waals surface area contributed by atoms with Crippen LogP contribution in [0.1, 0.15) is 5.69 Å². The quantitative estimate of drug-likeness (QED) is 0.644. The summed E-state index contributed by atoms with van der Waals surface area (Å²) in [6, 6.07) is 2.66. The second-order valence-corrected chi connectivity index (χ2v) is 2.35. The average molecular weight is 178 g/mol. The molecule has 0 bridgehead atoms. The summed E-state index contributed by atoms with van der Waals surface area (Å²) < 4.78 is 17.6. The van der Waals surface area contributed by atoms with E-state index in [-0.39, 0.29) is 22.6 Å². The highest BCUT2D eigenvalue weighted by atomic mass is 19.1. The second-order valence-electron chi connectivity index (χ2n) is 2.35. The minimum atomic E-state index is -0.732. The van der Waals surface area contributed by atoms with Gasteiger partial charge in [0.15, 0.2) is 17.3 Å². The molecule has 2 aromatic heterocycles. The number of nitrogens with two attached hydrogens (primary N) is 1. The molecule has 0 radical (unpaired) electrons. The van der Waals surface area contributed by atoms with E-state index in [1.807, 2.05) is 0 Å². The van der Waals surface area contributed by atoms with Crippen LogP contribution in [0.4, 0.5) is 10.2 Å². The smallest absolute Gasteiger partial charge is 0.261 e. The van der Waals surface area contributed by atoms with Gasteiger partial charge in [0.2, 0.25) is 0 Å². The summed E-state index contributed by atoms with van der Waals surface area (Å²) in [4.78, 5) is 3.57. The van der Waals surface area contributed by atoms with Gasteiger partial charge in [0.05, 0.1) is 5.39 Å². The van der Waals surface area contributed by atoms with Crippen LogP contribution in [0.5, 0.6) is 0 Å². The third-order valence-corrected chi connectivity index (χ3v) is 1.55. The summed E-state index contributed by atoms with van der Waals surface area (Å²) in [7, 11) is 0. The lowest BCUT2D eigenvalue weighted by Crippen LogP contribution is -1.90. The van der Waals surface area contributed by atoms with Gasteiger partial charge < -0.3 is 10.3 Å². The van der Waals surface area contributed by atoms with Gasteiger partial charge >= 0.3 is 0 Å². The number of pyridine rings is 1. The number of nitriles is 1. The molecule has 0 spiro atoms. The molecule has 0 aliphatic heterocycles. The monoisotopic (exact) mass is 178 g/mol. The highest BCUT2D eigenvalue weighted by Crippen LogP contribution is 2.20. The molecule has 0 unspecified atom stereocenters. The van der Waals surface area contributed by atoms with Crippen molar-refractivity contribution in [2.75, 3.05) is 5.73 Å². The van der Waals surface area contributed by atoms with Crippen molar-refractivity contribution in [3.8, 4) is 6.07 Å². The Labute approximate surface area is 71.6 Å². The molecule has 2 heterocycles. The largest absolute Gasteiger partial charge is 0.380 e. The number of hydrogen-bond acceptors (Lipinski definition) is 5. The maximum Gasteiger partial charge on any atom is 0.261 e. The SMILES string of the molecule is N#Cc1nc2onc(N)c2cc1F. The summed E-state index contributed by atoms with van der Waals surface area (Å²) in [5.41, 5.74) is 5.08. The number of nitrogens with zero attached hydrogens (tertiary/aromatic N) is 3. The summed E-state index contributed by atoms with van der Waals surface area (Å²) in [5.74, 6) is -0.671. The molecule has 2 N–H and O–H groups in total. The summed E-state index contributed by atoms with van der Waals surface area (Å²) in [6.07, 6.45) is 0. The first-order valence-corrected chi connectivity index (χ1v) is 3.34. The number of anilines is 1. The lowest BCUT2D eigenvalue weighted by molar-refractivity contribution is 0.451. The summed E-state index contributed by atoms with van der Waals surface area (Å²) >= 11 is 0. The first-order chi connectivity index (χ1) is 6.22. The molecular weight excluding hydrogens is 175 g/mol. The molecule has 0 amide bonds. The highest BCUT2D eigenvalue weighted by Gasteiger charge is 2.11. The molecule has 0 fully saturated rings. The molecular formula is C7H3FN4O. The maximum atomic E-state index is 13.0. The van der Waals surface area contributed by atoms with Gasteiger partial charge in [0.1, 0.15) is 6.07 Å². The van der Waals surface area contributed by atoms with E-state index >= 15 is 0 Å². The molecule has 64 valence electrons. The third-order valence-electron chi connectivity index (χ3n) is 1.55. The second kappa shape index (κ2) is 2.42. The first-order valence-electron chi connectivity index (χ1n) is 3.34. The minimum absolute atomic E-state index is 0.0610. The van der Waals surface area contributed by atoms with Crippen molar-refractivity contribution in [2.24, 2.45) is 0 Å². The predicted molar refractivity (Wildman–Crippen MR) is 40.9 cm³/mol. The molecule has 0 atom stereocenters. The van der Waals surface area contributed by atoms with Crippen LogP contribution in [0, 0.1) is 17.1 Å². The van der Waals surface area contributed by atoms with E-state index in [1.165, 1.54) is 0 Å². The van der Waals surface area contributed by atoms with E-state index in [4.69, 9.17) is 11.0 Å². The van der Waals surface area contributed by atoms with Gasteiger partial charge in [-0.3, -0.25) is 0 Å². The van der Waals surface area contributed by atoms with Crippen LogP contribution < -0.4 is 5.73 Å². The molecule has 0 saturated heterocycles. The molecule has 2 aromatic rings. The Bertz CT molecular complexity index is 513. The Morgan fingerprint density at radius 1 is 1.62 bits per heavy atom. The number of halogens is 1. The number of rotatable bonds is 0.